The number of nitro benzene ring substituents is 1. The molecule has 0 radical (unpaired) electrons. The molecular formula is C22H17N3O6S. The van der Waals surface area contributed by atoms with Crippen LogP contribution in [-0.4, -0.2) is 45.2 Å². The summed E-state index contributed by atoms with van der Waals surface area (Å²) in [4.78, 5) is 48.0. The summed E-state index contributed by atoms with van der Waals surface area (Å²) in [6.45, 7) is -0.0487. The lowest BCUT2D eigenvalue weighted by Crippen LogP contribution is -2.34. The van der Waals surface area contributed by atoms with Gasteiger partial charge in [-0.05, 0) is 29.5 Å². The minimum atomic E-state index is -0.679. The molecule has 0 spiro atoms. The van der Waals surface area contributed by atoms with E-state index in [0.29, 0.717) is 6.54 Å². The molecule has 9 nitrogen and oxygen atoms in total. The van der Waals surface area contributed by atoms with Crippen LogP contribution in [-0.2, 0) is 20.9 Å². The van der Waals surface area contributed by atoms with E-state index in [1.807, 2.05) is 35.0 Å². The molecule has 3 aromatic rings. The van der Waals surface area contributed by atoms with Crippen LogP contribution in [0.1, 0.15) is 11.1 Å². The first-order chi connectivity index (χ1) is 15.4. The zero-order chi connectivity index (χ0) is 22.8. The van der Waals surface area contributed by atoms with Gasteiger partial charge >= 0.3 is 5.97 Å². The molecule has 1 saturated heterocycles. The van der Waals surface area contributed by atoms with Crippen LogP contribution in [0.2, 0.25) is 0 Å². The van der Waals surface area contributed by atoms with Gasteiger partial charge in [-0.2, -0.15) is 0 Å². The first kappa shape index (κ1) is 21.3. The van der Waals surface area contributed by atoms with E-state index in [1.165, 1.54) is 19.2 Å². The molecule has 1 aliphatic heterocycles. The van der Waals surface area contributed by atoms with Gasteiger partial charge in [-0.15, -0.1) is 0 Å². The molecule has 1 aliphatic rings. The maximum absolute atomic E-state index is 12.6. The molecule has 0 aliphatic carbocycles. The predicted molar refractivity (Wildman–Crippen MR) is 119 cm³/mol. The van der Waals surface area contributed by atoms with Gasteiger partial charge in [-0.25, -0.2) is 0 Å². The number of non-ortho nitro benzene ring substituents is 1. The summed E-state index contributed by atoms with van der Waals surface area (Å²) >= 11 is 0.763. The Hall–Kier alpha value is -3.92. The Balaban J connectivity index is 1.68. The van der Waals surface area contributed by atoms with Crippen LogP contribution >= 0.6 is 11.8 Å². The van der Waals surface area contributed by atoms with Gasteiger partial charge in [0, 0.05) is 41.3 Å². The number of nitrogens with zero attached hydrogens (tertiary/aromatic N) is 3. The molecule has 0 saturated carbocycles. The Morgan fingerprint density at radius 1 is 1.19 bits per heavy atom. The highest BCUT2D eigenvalue weighted by Crippen LogP contribution is 2.34. The lowest BCUT2D eigenvalue weighted by molar-refractivity contribution is -0.384. The van der Waals surface area contributed by atoms with Gasteiger partial charge in [-0.1, -0.05) is 30.3 Å². The summed E-state index contributed by atoms with van der Waals surface area (Å²) < 4.78 is 6.47. The minimum absolute atomic E-state index is 0.0125. The maximum atomic E-state index is 12.6. The maximum Gasteiger partial charge on any atom is 0.325 e. The number of benzene rings is 2. The Morgan fingerprint density at radius 3 is 2.72 bits per heavy atom. The van der Waals surface area contributed by atoms with Gasteiger partial charge in [0.25, 0.3) is 16.8 Å². The summed E-state index contributed by atoms with van der Waals surface area (Å²) in [7, 11) is 1.19. The number of fused-ring (bicyclic) bond motifs is 1. The number of para-hydroxylation sites is 1. The molecule has 4 rings (SSSR count). The van der Waals surface area contributed by atoms with E-state index >= 15 is 0 Å². The molecule has 2 amide bonds. The van der Waals surface area contributed by atoms with Crippen molar-refractivity contribution in [1.29, 1.82) is 0 Å². The average Bonchev–Trinajstić information content (AvgIpc) is 3.26. The minimum Gasteiger partial charge on any atom is -0.468 e. The SMILES string of the molecule is COC(=O)CN1C(=O)S/C(=C/c2cn(Cc3cccc([N+](=O)[O-])c3)c3ccccc23)C1=O. The van der Waals surface area contributed by atoms with Crippen molar-refractivity contribution in [3.8, 4) is 0 Å². The molecule has 10 heteroatoms. The molecular weight excluding hydrogens is 434 g/mol. The van der Waals surface area contributed by atoms with E-state index in [9.17, 15) is 24.5 Å². The second kappa shape index (κ2) is 8.67. The number of esters is 1. The van der Waals surface area contributed by atoms with E-state index < -0.39 is 28.6 Å². The molecule has 0 unspecified atom stereocenters. The van der Waals surface area contributed by atoms with Crippen LogP contribution in [0.5, 0.6) is 0 Å². The third-order valence-corrected chi connectivity index (χ3v) is 5.88. The normalized spacial score (nSPS) is 15.0. The van der Waals surface area contributed by atoms with Crippen molar-refractivity contribution in [3.05, 3.63) is 80.9 Å². The first-order valence-corrected chi connectivity index (χ1v) is 10.3. The van der Waals surface area contributed by atoms with Gasteiger partial charge in [0.15, 0.2) is 0 Å². The predicted octanol–water partition coefficient (Wildman–Crippen LogP) is 3.81. The summed E-state index contributed by atoms with van der Waals surface area (Å²) in [5, 5.41) is 11.4. The highest BCUT2D eigenvalue weighted by Gasteiger charge is 2.36. The molecule has 0 N–H and O–H groups in total. The summed E-state index contributed by atoms with van der Waals surface area (Å²) in [5.41, 5.74) is 2.36. The summed E-state index contributed by atoms with van der Waals surface area (Å²) in [5.74, 6) is -1.23. The highest BCUT2D eigenvalue weighted by molar-refractivity contribution is 8.18. The Morgan fingerprint density at radius 2 is 1.97 bits per heavy atom. The number of carbonyl (C=O) groups is 3. The van der Waals surface area contributed by atoms with Crippen molar-refractivity contribution in [2.24, 2.45) is 0 Å². The Kier molecular flexibility index (Phi) is 5.78. The van der Waals surface area contributed by atoms with E-state index in [-0.39, 0.29) is 10.6 Å². The number of imide groups is 1. The highest BCUT2D eigenvalue weighted by atomic mass is 32.2. The van der Waals surface area contributed by atoms with E-state index in [2.05, 4.69) is 4.74 Å². The first-order valence-electron chi connectivity index (χ1n) is 9.51. The number of aromatic nitrogens is 1. The smallest absolute Gasteiger partial charge is 0.325 e. The van der Waals surface area contributed by atoms with Crippen LogP contribution in [0.4, 0.5) is 10.5 Å². The van der Waals surface area contributed by atoms with Crippen molar-refractivity contribution < 1.29 is 24.0 Å². The quantitative estimate of drug-likeness (QED) is 0.242. The van der Waals surface area contributed by atoms with Crippen molar-refractivity contribution in [1.82, 2.24) is 9.47 Å². The number of hydrogen-bond donors (Lipinski definition) is 0. The van der Waals surface area contributed by atoms with Crippen LogP contribution in [0.25, 0.3) is 17.0 Å². The van der Waals surface area contributed by atoms with E-state index in [0.717, 1.165) is 38.7 Å². The fourth-order valence-corrected chi connectivity index (χ4v) is 4.29. The number of ether oxygens (including phenoxy) is 1. The molecule has 2 heterocycles. The van der Waals surface area contributed by atoms with Gasteiger partial charge in [0.05, 0.1) is 16.9 Å². The second-order valence-corrected chi connectivity index (χ2v) is 7.99. The number of thioether (sulfide) groups is 1. The lowest BCUT2D eigenvalue weighted by Gasteiger charge is -2.09. The number of hydrogen-bond acceptors (Lipinski definition) is 7. The molecule has 162 valence electrons. The number of methoxy groups -OCH3 is 1. The Bertz CT molecular complexity index is 1300. The zero-order valence-corrected chi connectivity index (χ0v) is 17.7. The average molecular weight is 451 g/mol. The topological polar surface area (TPSA) is 112 Å². The molecule has 32 heavy (non-hydrogen) atoms. The van der Waals surface area contributed by atoms with Gasteiger partial charge in [0.1, 0.15) is 6.54 Å². The molecule has 0 atom stereocenters. The van der Waals surface area contributed by atoms with Gasteiger partial charge < -0.3 is 9.30 Å². The lowest BCUT2D eigenvalue weighted by atomic mass is 10.1. The summed E-state index contributed by atoms with van der Waals surface area (Å²) in [6, 6.07) is 13.9. The van der Waals surface area contributed by atoms with Crippen molar-refractivity contribution >= 4 is 51.5 Å². The number of amides is 2. The van der Waals surface area contributed by atoms with Crippen LogP contribution in [0, 0.1) is 10.1 Å². The zero-order valence-electron chi connectivity index (χ0n) is 16.9. The van der Waals surface area contributed by atoms with Crippen molar-refractivity contribution in [2.75, 3.05) is 13.7 Å². The third-order valence-electron chi connectivity index (χ3n) is 4.97. The molecule has 2 aromatic carbocycles. The van der Waals surface area contributed by atoms with Crippen LogP contribution in [0.3, 0.4) is 0 Å². The fraction of sp³-hybridized carbons (Fsp3) is 0.136. The van der Waals surface area contributed by atoms with Crippen molar-refractivity contribution in [3.63, 3.8) is 0 Å². The van der Waals surface area contributed by atoms with Gasteiger partial charge in [-0.3, -0.25) is 29.4 Å². The largest absolute Gasteiger partial charge is 0.468 e. The van der Waals surface area contributed by atoms with Crippen LogP contribution < -0.4 is 0 Å². The molecule has 0 bridgehead atoms. The van der Waals surface area contributed by atoms with Gasteiger partial charge in [0.2, 0.25) is 0 Å². The molecule has 1 fully saturated rings. The number of carbonyl (C=O) groups excluding carboxylic acids is 3. The van der Waals surface area contributed by atoms with Crippen molar-refractivity contribution in [2.45, 2.75) is 6.54 Å². The Labute approximate surface area is 186 Å². The number of nitro groups is 1. The number of rotatable bonds is 6. The third kappa shape index (κ3) is 4.12. The van der Waals surface area contributed by atoms with E-state index in [1.54, 1.807) is 18.2 Å². The standard InChI is InChI=1S/C22H17N3O6S/c1-31-20(26)13-24-21(27)19(32-22(24)28)10-15-12-23(18-8-3-2-7-17(15)18)11-14-5-4-6-16(9-14)25(29)30/h2-10,12H,11,13H2,1H3/b19-10+. The fourth-order valence-electron chi connectivity index (χ4n) is 3.46. The van der Waals surface area contributed by atoms with E-state index in [4.69, 9.17) is 0 Å². The second-order valence-electron chi connectivity index (χ2n) is 7.00. The monoisotopic (exact) mass is 451 g/mol. The molecule has 1 aromatic heterocycles. The van der Waals surface area contributed by atoms with Crippen LogP contribution in [0.15, 0.2) is 59.6 Å². The summed E-state index contributed by atoms with van der Waals surface area (Å²) in [6.07, 6.45) is 3.45.